The topological polar surface area (TPSA) is 49.4 Å². The van der Waals surface area contributed by atoms with Crippen molar-refractivity contribution in [1.29, 1.82) is 0 Å². The Hall–Kier alpha value is -1.20. The van der Waals surface area contributed by atoms with Crippen LogP contribution in [0.25, 0.3) is 0 Å². The van der Waals surface area contributed by atoms with Crippen LogP contribution in [0.2, 0.25) is 0 Å². The summed E-state index contributed by atoms with van der Waals surface area (Å²) in [6, 6.07) is 1.67. The fraction of sp³-hybridized carbons (Fsp3) is 0.455. The van der Waals surface area contributed by atoms with Crippen molar-refractivity contribution in [2.24, 2.45) is 0 Å². The minimum Gasteiger partial charge on any atom is -0.301 e. The van der Waals surface area contributed by atoms with Crippen molar-refractivity contribution in [3.63, 3.8) is 0 Å². The van der Waals surface area contributed by atoms with Crippen LogP contribution in [0.1, 0.15) is 18.9 Å². The normalized spacial score (nSPS) is 20.8. The van der Waals surface area contributed by atoms with Crippen LogP contribution in [0, 0.1) is 0 Å². The van der Waals surface area contributed by atoms with Crippen LogP contribution in [0.5, 0.6) is 0 Å². The summed E-state index contributed by atoms with van der Waals surface area (Å²) >= 11 is 1.63. The van der Waals surface area contributed by atoms with Crippen molar-refractivity contribution in [2.75, 3.05) is 6.54 Å². The van der Waals surface area contributed by atoms with Gasteiger partial charge in [0.25, 0.3) is 0 Å². The molecule has 0 bridgehead atoms. The fourth-order valence-corrected chi connectivity index (χ4v) is 2.48. The summed E-state index contributed by atoms with van der Waals surface area (Å²) in [7, 11) is 0. The largest absolute Gasteiger partial charge is 0.301 e. The third kappa shape index (κ3) is 2.15. The molecule has 2 amide bonds. The second-order valence-corrected chi connectivity index (χ2v) is 4.53. The van der Waals surface area contributed by atoms with E-state index in [-0.39, 0.29) is 24.3 Å². The zero-order valence-corrected chi connectivity index (χ0v) is 9.92. The smallest absolute Gasteiger partial charge is 0.246 e. The first kappa shape index (κ1) is 11.3. The van der Waals surface area contributed by atoms with E-state index in [1.165, 1.54) is 4.90 Å². The van der Waals surface area contributed by atoms with E-state index < -0.39 is 0 Å². The van der Waals surface area contributed by atoms with Crippen LogP contribution >= 0.6 is 11.3 Å². The molecular weight excluding hydrogens is 224 g/mol. The Morgan fingerprint density at radius 3 is 2.94 bits per heavy atom. The standard InChI is InChI=1S/C11H14N2O2S/c1-2-13-10(14)5-9(11(13)15)12-6-8-3-4-16-7-8/h3-4,7,9,12H,2,5-6H2,1H3. The summed E-state index contributed by atoms with van der Waals surface area (Å²) in [6.07, 6.45) is 0.289. The number of hydrogen-bond donors (Lipinski definition) is 1. The molecule has 1 saturated heterocycles. The third-order valence-electron chi connectivity index (χ3n) is 2.69. The lowest BCUT2D eigenvalue weighted by atomic mass is 10.2. The van der Waals surface area contributed by atoms with Crippen LogP contribution in [-0.4, -0.2) is 29.3 Å². The summed E-state index contributed by atoms with van der Waals surface area (Å²) in [4.78, 5) is 24.5. The van der Waals surface area contributed by atoms with Crippen molar-refractivity contribution in [1.82, 2.24) is 10.2 Å². The summed E-state index contributed by atoms with van der Waals surface area (Å²) in [5.41, 5.74) is 1.15. The molecule has 1 aliphatic rings. The number of amides is 2. The minimum absolute atomic E-state index is 0.0738. The highest BCUT2D eigenvalue weighted by Crippen LogP contribution is 2.13. The van der Waals surface area contributed by atoms with Gasteiger partial charge >= 0.3 is 0 Å². The predicted molar refractivity (Wildman–Crippen MR) is 62.0 cm³/mol. The first-order valence-corrected chi connectivity index (χ1v) is 6.25. The molecule has 0 saturated carbocycles. The Bertz CT molecular complexity index is 389. The Morgan fingerprint density at radius 1 is 1.56 bits per heavy atom. The zero-order chi connectivity index (χ0) is 11.5. The number of carbonyl (C=O) groups excluding carboxylic acids is 2. The lowest BCUT2D eigenvalue weighted by Crippen LogP contribution is -2.38. The number of rotatable bonds is 4. The van der Waals surface area contributed by atoms with Gasteiger partial charge in [-0.2, -0.15) is 11.3 Å². The molecule has 0 aliphatic carbocycles. The van der Waals surface area contributed by atoms with Gasteiger partial charge in [-0.05, 0) is 29.3 Å². The molecule has 0 radical (unpaired) electrons. The van der Waals surface area contributed by atoms with Crippen molar-refractivity contribution in [3.8, 4) is 0 Å². The number of imide groups is 1. The molecule has 0 spiro atoms. The maximum atomic E-state index is 11.8. The number of thiophene rings is 1. The van der Waals surface area contributed by atoms with Gasteiger partial charge in [0.2, 0.25) is 11.8 Å². The predicted octanol–water partition coefficient (Wildman–Crippen LogP) is 0.985. The number of nitrogens with one attached hydrogen (secondary N) is 1. The average molecular weight is 238 g/mol. The van der Waals surface area contributed by atoms with E-state index in [1.54, 1.807) is 11.3 Å². The molecular formula is C11H14N2O2S. The molecule has 4 nitrogen and oxygen atoms in total. The minimum atomic E-state index is -0.340. The number of likely N-dealkylation sites (tertiary alicyclic amines) is 1. The van der Waals surface area contributed by atoms with Gasteiger partial charge in [0, 0.05) is 13.1 Å². The first-order valence-electron chi connectivity index (χ1n) is 5.31. The fourth-order valence-electron chi connectivity index (χ4n) is 1.81. The molecule has 1 aliphatic heterocycles. The van der Waals surface area contributed by atoms with Gasteiger partial charge < -0.3 is 5.32 Å². The highest BCUT2D eigenvalue weighted by atomic mass is 32.1. The number of carbonyl (C=O) groups is 2. The summed E-state index contributed by atoms with van der Waals surface area (Å²) in [5.74, 6) is -0.168. The van der Waals surface area contributed by atoms with Gasteiger partial charge in [-0.1, -0.05) is 0 Å². The Kier molecular flexibility index (Phi) is 3.36. The highest BCUT2D eigenvalue weighted by molar-refractivity contribution is 7.07. The molecule has 16 heavy (non-hydrogen) atoms. The average Bonchev–Trinajstić information content (AvgIpc) is 2.85. The molecule has 1 unspecified atom stereocenters. The third-order valence-corrected chi connectivity index (χ3v) is 3.42. The van der Waals surface area contributed by atoms with E-state index in [4.69, 9.17) is 0 Å². The Morgan fingerprint density at radius 2 is 2.38 bits per heavy atom. The second kappa shape index (κ2) is 4.76. The lowest BCUT2D eigenvalue weighted by molar-refractivity contribution is -0.138. The molecule has 1 aromatic rings. The van der Waals surface area contributed by atoms with E-state index in [0.29, 0.717) is 13.1 Å². The Labute approximate surface area is 98.3 Å². The van der Waals surface area contributed by atoms with Crippen LogP contribution in [0.4, 0.5) is 0 Å². The first-order chi connectivity index (χ1) is 7.72. The summed E-state index contributed by atoms with van der Waals surface area (Å²) in [6.45, 7) is 2.93. The van der Waals surface area contributed by atoms with Gasteiger partial charge in [0.15, 0.2) is 0 Å². The molecule has 1 N–H and O–H groups in total. The molecule has 1 fully saturated rings. The summed E-state index contributed by atoms with van der Waals surface area (Å²) in [5, 5.41) is 7.15. The Balaban J connectivity index is 1.92. The van der Waals surface area contributed by atoms with Crippen molar-refractivity contribution >= 4 is 23.2 Å². The van der Waals surface area contributed by atoms with Gasteiger partial charge in [0.05, 0.1) is 12.5 Å². The molecule has 2 rings (SSSR count). The van der Waals surface area contributed by atoms with Crippen molar-refractivity contribution in [3.05, 3.63) is 22.4 Å². The maximum Gasteiger partial charge on any atom is 0.246 e. The van der Waals surface area contributed by atoms with Gasteiger partial charge in [-0.25, -0.2) is 0 Å². The van der Waals surface area contributed by atoms with Crippen molar-refractivity contribution in [2.45, 2.75) is 25.9 Å². The second-order valence-electron chi connectivity index (χ2n) is 3.75. The molecule has 1 aromatic heterocycles. The molecule has 5 heteroatoms. The molecule has 1 atom stereocenters. The molecule has 0 aromatic carbocycles. The van der Waals surface area contributed by atoms with Crippen LogP contribution < -0.4 is 5.32 Å². The summed E-state index contributed by atoms with van der Waals surface area (Å²) < 4.78 is 0. The number of hydrogen-bond acceptors (Lipinski definition) is 4. The van der Waals surface area contributed by atoms with Gasteiger partial charge in [0.1, 0.15) is 0 Å². The van der Waals surface area contributed by atoms with Crippen LogP contribution in [0.3, 0.4) is 0 Å². The van der Waals surface area contributed by atoms with E-state index >= 15 is 0 Å². The molecule has 2 heterocycles. The van der Waals surface area contributed by atoms with E-state index in [2.05, 4.69) is 5.32 Å². The highest BCUT2D eigenvalue weighted by Gasteiger charge is 2.36. The van der Waals surface area contributed by atoms with Crippen LogP contribution in [0.15, 0.2) is 16.8 Å². The monoisotopic (exact) mass is 238 g/mol. The lowest BCUT2D eigenvalue weighted by Gasteiger charge is -2.12. The SMILES string of the molecule is CCN1C(=O)CC(NCc2ccsc2)C1=O. The quantitative estimate of drug-likeness (QED) is 0.796. The maximum absolute atomic E-state index is 11.8. The zero-order valence-electron chi connectivity index (χ0n) is 9.10. The van der Waals surface area contributed by atoms with E-state index in [0.717, 1.165) is 5.56 Å². The van der Waals surface area contributed by atoms with Gasteiger partial charge in [-0.3, -0.25) is 14.5 Å². The van der Waals surface area contributed by atoms with Gasteiger partial charge in [-0.15, -0.1) is 0 Å². The molecule has 86 valence electrons. The van der Waals surface area contributed by atoms with E-state index in [1.807, 2.05) is 23.8 Å². The van der Waals surface area contributed by atoms with Crippen LogP contribution in [-0.2, 0) is 16.1 Å². The van der Waals surface area contributed by atoms with E-state index in [9.17, 15) is 9.59 Å². The van der Waals surface area contributed by atoms with Crippen molar-refractivity contribution < 1.29 is 9.59 Å². The number of nitrogens with zero attached hydrogens (tertiary/aromatic N) is 1. The number of likely N-dealkylation sites (N-methyl/N-ethyl adjacent to an activating group) is 1.